The van der Waals surface area contributed by atoms with Crippen molar-refractivity contribution in [2.75, 3.05) is 7.11 Å². The monoisotopic (exact) mass is 190 g/mol. The Morgan fingerprint density at radius 3 is 3.00 bits per heavy atom. The van der Waals surface area contributed by atoms with Crippen molar-refractivity contribution in [3.8, 4) is 0 Å². The fourth-order valence-electron chi connectivity index (χ4n) is 1.04. The van der Waals surface area contributed by atoms with Crippen LogP contribution < -0.4 is 0 Å². The van der Waals surface area contributed by atoms with Crippen LogP contribution in [0.15, 0.2) is 10.6 Å². The highest BCUT2D eigenvalue weighted by atomic mass is 79.9. The van der Waals surface area contributed by atoms with Gasteiger partial charge in [-0.25, -0.2) is 0 Å². The van der Waals surface area contributed by atoms with Crippen LogP contribution in [0.2, 0.25) is 0 Å². The number of ether oxygens (including phenoxy) is 1. The minimum absolute atomic E-state index is 0.332. The molecule has 9 heavy (non-hydrogen) atoms. The maximum atomic E-state index is 5.19. The third kappa shape index (κ3) is 1.80. The Morgan fingerprint density at radius 2 is 2.56 bits per heavy atom. The molecule has 1 nitrogen and oxygen atoms in total. The van der Waals surface area contributed by atoms with Crippen molar-refractivity contribution in [1.82, 2.24) is 0 Å². The standard InChI is InChI=1S/C7H11BrO/c1-9-7-5-3-2-4-6(7)8/h4,7H,2-3,5H2,1H3/t7-/m0/s1. The number of hydrogen-bond acceptors (Lipinski definition) is 1. The first-order valence-electron chi connectivity index (χ1n) is 3.23. The van der Waals surface area contributed by atoms with E-state index in [0.717, 1.165) is 6.42 Å². The van der Waals surface area contributed by atoms with Crippen LogP contribution in [0, 0.1) is 0 Å². The highest BCUT2D eigenvalue weighted by Gasteiger charge is 2.13. The van der Waals surface area contributed by atoms with E-state index in [2.05, 4.69) is 22.0 Å². The molecule has 0 spiro atoms. The summed E-state index contributed by atoms with van der Waals surface area (Å²) in [5.74, 6) is 0. The van der Waals surface area contributed by atoms with E-state index < -0.39 is 0 Å². The largest absolute Gasteiger partial charge is 0.376 e. The van der Waals surface area contributed by atoms with Crippen molar-refractivity contribution in [1.29, 1.82) is 0 Å². The molecule has 2 heteroatoms. The summed E-state index contributed by atoms with van der Waals surface area (Å²) in [5, 5.41) is 0. The zero-order valence-corrected chi connectivity index (χ0v) is 7.15. The van der Waals surface area contributed by atoms with Gasteiger partial charge >= 0.3 is 0 Å². The maximum absolute atomic E-state index is 5.19. The van der Waals surface area contributed by atoms with Crippen LogP contribution in [0.3, 0.4) is 0 Å². The fraction of sp³-hybridized carbons (Fsp3) is 0.714. The van der Waals surface area contributed by atoms with Gasteiger partial charge in [0.15, 0.2) is 0 Å². The number of allylic oxidation sites excluding steroid dienone is 1. The van der Waals surface area contributed by atoms with E-state index in [4.69, 9.17) is 4.74 Å². The second-order valence-corrected chi connectivity index (χ2v) is 3.16. The Morgan fingerprint density at radius 1 is 1.78 bits per heavy atom. The summed E-state index contributed by atoms with van der Waals surface area (Å²) < 4.78 is 6.41. The molecule has 1 aliphatic rings. The number of halogens is 1. The molecule has 0 heterocycles. The molecule has 0 saturated heterocycles. The lowest BCUT2D eigenvalue weighted by Crippen LogP contribution is -2.12. The zero-order chi connectivity index (χ0) is 6.69. The molecule has 0 N–H and O–H groups in total. The van der Waals surface area contributed by atoms with Crippen LogP contribution in [0.1, 0.15) is 19.3 Å². The highest BCUT2D eigenvalue weighted by molar-refractivity contribution is 9.11. The first-order valence-corrected chi connectivity index (χ1v) is 4.02. The van der Waals surface area contributed by atoms with Crippen LogP contribution in [0.5, 0.6) is 0 Å². The Hall–Kier alpha value is 0.180. The van der Waals surface area contributed by atoms with E-state index in [-0.39, 0.29) is 0 Å². The van der Waals surface area contributed by atoms with E-state index in [1.165, 1.54) is 17.3 Å². The van der Waals surface area contributed by atoms with Crippen LogP contribution >= 0.6 is 15.9 Å². The topological polar surface area (TPSA) is 9.23 Å². The Bertz CT molecular complexity index is 120. The lowest BCUT2D eigenvalue weighted by molar-refractivity contribution is 0.125. The van der Waals surface area contributed by atoms with Crippen molar-refractivity contribution in [3.63, 3.8) is 0 Å². The SMILES string of the molecule is CO[C@H]1CCCC=C1Br. The van der Waals surface area contributed by atoms with Gasteiger partial charge in [-0.15, -0.1) is 0 Å². The molecule has 0 aromatic rings. The quantitative estimate of drug-likeness (QED) is 0.618. The lowest BCUT2D eigenvalue weighted by atomic mass is 10.1. The molecule has 52 valence electrons. The molecule has 0 radical (unpaired) electrons. The maximum Gasteiger partial charge on any atom is 0.0882 e. The van der Waals surface area contributed by atoms with Gasteiger partial charge < -0.3 is 4.74 Å². The van der Waals surface area contributed by atoms with E-state index in [1.54, 1.807) is 7.11 Å². The van der Waals surface area contributed by atoms with Gasteiger partial charge in [0.05, 0.1) is 6.10 Å². The van der Waals surface area contributed by atoms with E-state index in [9.17, 15) is 0 Å². The summed E-state index contributed by atoms with van der Waals surface area (Å²) in [6.07, 6.45) is 6.14. The predicted molar refractivity (Wildman–Crippen MR) is 41.7 cm³/mol. The number of methoxy groups -OCH3 is 1. The Labute approximate surface area is 64.2 Å². The van der Waals surface area contributed by atoms with E-state index in [0.29, 0.717) is 6.10 Å². The minimum atomic E-state index is 0.332. The first kappa shape index (κ1) is 7.29. The van der Waals surface area contributed by atoms with Crippen molar-refractivity contribution in [3.05, 3.63) is 10.6 Å². The molecular weight excluding hydrogens is 180 g/mol. The van der Waals surface area contributed by atoms with Gasteiger partial charge in [-0.2, -0.15) is 0 Å². The molecule has 1 atom stereocenters. The number of hydrogen-bond donors (Lipinski definition) is 0. The molecule has 0 fully saturated rings. The molecule has 0 aromatic heterocycles. The smallest absolute Gasteiger partial charge is 0.0882 e. The predicted octanol–water partition coefficient (Wildman–Crippen LogP) is 2.46. The summed E-state index contributed by atoms with van der Waals surface area (Å²) in [6.45, 7) is 0. The third-order valence-corrected chi connectivity index (χ3v) is 2.44. The Kier molecular flexibility index (Phi) is 2.73. The summed E-state index contributed by atoms with van der Waals surface area (Å²) in [7, 11) is 1.76. The van der Waals surface area contributed by atoms with Gasteiger partial charge in [0, 0.05) is 11.6 Å². The highest BCUT2D eigenvalue weighted by Crippen LogP contribution is 2.24. The molecular formula is C7H11BrO. The first-order chi connectivity index (χ1) is 4.34. The average molecular weight is 191 g/mol. The second-order valence-electron chi connectivity index (χ2n) is 2.24. The number of rotatable bonds is 1. The summed E-state index contributed by atoms with van der Waals surface area (Å²) in [4.78, 5) is 0. The summed E-state index contributed by atoms with van der Waals surface area (Å²) in [6, 6.07) is 0. The minimum Gasteiger partial charge on any atom is -0.376 e. The van der Waals surface area contributed by atoms with Gasteiger partial charge in [0.25, 0.3) is 0 Å². The molecule has 1 aliphatic carbocycles. The van der Waals surface area contributed by atoms with Crippen LogP contribution in [-0.4, -0.2) is 13.2 Å². The summed E-state index contributed by atoms with van der Waals surface area (Å²) >= 11 is 3.45. The molecule has 1 rings (SSSR count). The average Bonchev–Trinajstić information content (AvgIpc) is 1.89. The van der Waals surface area contributed by atoms with Crippen LogP contribution in [0.4, 0.5) is 0 Å². The van der Waals surface area contributed by atoms with Gasteiger partial charge in [0.1, 0.15) is 0 Å². The van der Waals surface area contributed by atoms with Crippen molar-refractivity contribution in [2.24, 2.45) is 0 Å². The van der Waals surface area contributed by atoms with Gasteiger partial charge in [-0.05, 0) is 19.3 Å². The third-order valence-electron chi connectivity index (χ3n) is 1.60. The molecule has 0 saturated carbocycles. The molecule has 0 bridgehead atoms. The van der Waals surface area contributed by atoms with Crippen molar-refractivity contribution >= 4 is 15.9 Å². The van der Waals surface area contributed by atoms with Crippen molar-refractivity contribution in [2.45, 2.75) is 25.4 Å². The second kappa shape index (κ2) is 3.37. The Balaban J connectivity index is 2.50. The molecule has 0 aliphatic heterocycles. The van der Waals surface area contributed by atoms with Crippen molar-refractivity contribution < 1.29 is 4.74 Å². The lowest BCUT2D eigenvalue weighted by Gasteiger charge is -2.18. The van der Waals surface area contributed by atoms with Crippen LogP contribution in [0.25, 0.3) is 0 Å². The normalized spacial score (nSPS) is 27.8. The van der Waals surface area contributed by atoms with Gasteiger partial charge in [0.2, 0.25) is 0 Å². The van der Waals surface area contributed by atoms with Crippen LogP contribution in [-0.2, 0) is 4.74 Å². The van der Waals surface area contributed by atoms with Gasteiger partial charge in [-0.3, -0.25) is 0 Å². The summed E-state index contributed by atoms with van der Waals surface area (Å²) in [5.41, 5.74) is 0. The van der Waals surface area contributed by atoms with E-state index >= 15 is 0 Å². The molecule has 0 aromatic carbocycles. The molecule has 0 amide bonds. The molecule has 0 unspecified atom stereocenters. The van der Waals surface area contributed by atoms with Gasteiger partial charge in [-0.1, -0.05) is 22.0 Å². The fourth-order valence-corrected chi connectivity index (χ4v) is 1.69. The van der Waals surface area contributed by atoms with E-state index in [1.807, 2.05) is 0 Å². The zero-order valence-electron chi connectivity index (χ0n) is 5.56.